The van der Waals surface area contributed by atoms with E-state index in [0.717, 1.165) is 63.8 Å². The molecule has 55 heavy (non-hydrogen) atoms. The van der Waals surface area contributed by atoms with Gasteiger partial charge in [-0.05, 0) is 71.0 Å². The second kappa shape index (κ2) is 19.9. The van der Waals surface area contributed by atoms with Crippen LogP contribution in [0.5, 0.6) is 0 Å². The molecule has 4 aromatic carbocycles. The molecule has 1 aliphatic heterocycles. The Balaban J connectivity index is 1.01. The minimum Gasteiger partial charge on any atom is -0.618 e. The summed E-state index contributed by atoms with van der Waals surface area (Å²) in [5.41, 5.74) is 12.8. The molecule has 0 radical (unpaired) electrons. The molecule has 1 aliphatic rings. The summed E-state index contributed by atoms with van der Waals surface area (Å²) in [6.45, 7) is 0.394. The van der Waals surface area contributed by atoms with Gasteiger partial charge in [0.1, 0.15) is 0 Å². The predicted molar refractivity (Wildman–Crippen MR) is 215 cm³/mol. The smallest absolute Gasteiger partial charge is 0.251 e. The largest absolute Gasteiger partial charge is 0.618 e. The number of ether oxygens (including phenoxy) is 2. The number of amides is 2. The van der Waals surface area contributed by atoms with Crippen molar-refractivity contribution in [3.63, 3.8) is 0 Å². The van der Waals surface area contributed by atoms with Gasteiger partial charge < -0.3 is 36.2 Å². The average Bonchev–Trinajstić information content (AvgIpc) is 3.22. The van der Waals surface area contributed by atoms with Crippen LogP contribution in [0.2, 0.25) is 0 Å². The SMILES string of the molecule is Nc1ccccc1NC(=O)CCCCCCC(=O)NCc1cccc(-c2cccc(C3OC(CSc4cccc[n+]4[O-])CC(c4ccc(CO)cc4)O3)c2)c1. The minimum atomic E-state index is -0.634. The molecule has 1 fully saturated rings. The maximum Gasteiger partial charge on any atom is 0.251 e. The van der Waals surface area contributed by atoms with Crippen LogP contribution in [0.15, 0.2) is 126 Å². The van der Waals surface area contributed by atoms with Gasteiger partial charge >= 0.3 is 0 Å². The molecule has 3 atom stereocenters. The Bertz CT molecular complexity index is 2030. The Morgan fingerprint density at radius 2 is 1.51 bits per heavy atom. The third-order valence-corrected chi connectivity index (χ3v) is 10.7. The number of hydrogen-bond acceptors (Lipinski definition) is 8. The number of aliphatic hydroxyl groups is 1. The number of nitrogens with zero attached hydrogens (tertiary/aromatic N) is 1. The highest BCUT2D eigenvalue weighted by Gasteiger charge is 2.33. The molecule has 2 amide bonds. The molecule has 5 N–H and O–H groups in total. The number of para-hydroxylation sites is 2. The van der Waals surface area contributed by atoms with Crippen molar-refractivity contribution in [1.29, 1.82) is 0 Å². The lowest BCUT2D eigenvalue weighted by Crippen LogP contribution is -2.32. The molecule has 3 unspecified atom stereocenters. The van der Waals surface area contributed by atoms with Crippen LogP contribution >= 0.6 is 11.8 Å². The number of rotatable bonds is 17. The van der Waals surface area contributed by atoms with Gasteiger partial charge in [0.25, 0.3) is 5.03 Å². The molecule has 2 heterocycles. The highest BCUT2D eigenvalue weighted by molar-refractivity contribution is 7.99. The van der Waals surface area contributed by atoms with E-state index in [9.17, 15) is 19.9 Å². The summed E-state index contributed by atoms with van der Waals surface area (Å²) in [7, 11) is 0. The van der Waals surface area contributed by atoms with Crippen LogP contribution in [-0.4, -0.2) is 28.8 Å². The summed E-state index contributed by atoms with van der Waals surface area (Å²) in [5.74, 6) is 0.523. The molecule has 286 valence electrons. The van der Waals surface area contributed by atoms with Gasteiger partial charge in [0.05, 0.1) is 30.2 Å². The Hall–Kier alpha value is -5.20. The average molecular weight is 761 g/mol. The molecule has 0 aliphatic carbocycles. The van der Waals surface area contributed by atoms with E-state index in [1.54, 1.807) is 24.3 Å². The topological polar surface area (TPSA) is 150 Å². The number of aromatic nitrogens is 1. The number of thioether (sulfide) groups is 1. The molecule has 6 rings (SSSR count). The quantitative estimate of drug-likeness (QED) is 0.0245. The second-order valence-electron chi connectivity index (χ2n) is 13.7. The summed E-state index contributed by atoms with van der Waals surface area (Å²) in [5, 5.41) is 28.4. The number of nitrogen functional groups attached to an aromatic ring is 1. The lowest BCUT2D eigenvalue weighted by molar-refractivity contribution is -0.645. The Labute approximate surface area is 326 Å². The molecule has 0 bridgehead atoms. The number of anilines is 2. The molecular formula is C44H48N4O6S. The normalized spacial score (nSPS) is 16.7. The fourth-order valence-electron chi connectivity index (χ4n) is 6.49. The predicted octanol–water partition coefficient (Wildman–Crippen LogP) is 7.99. The van der Waals surface area contributed by atoms with Crippen molar-refractivity contribution < 1.29 is 28.9 Å². The van der Waals surface area contributed by atoms with Crippen LogP contribution in [0.1, 0.15) is 79.6 Å². The van der Waals surface area contributed by atoms with E-state index in [4.69, 9.17) is 15.2 Å². The standard InChI is InChI=1S/C44H48N4O6S/c45-38-15-5-6-16-39(38)47-42(51)18-4-2-1-3-17-41(50)46-28-32-11-9-12-34(25-32)35-13-10-14-36(26-35)44-53-37(30-55-43-19-7-8-24-48(43)52)27-40(54-44)33-22-20-31(29-49)21-23-33/h5-16,19-26,37,40,44,49H,1-4,17-18,27-30,45H2,(H,46,50)(H,47,51). The first kappa shape index (κ1) is 39.5. The number of pyridine rings is 1. The van der Waals surface area contributed by atoms with Gasteiger partial charge in [0.15, 0.2) is 12.5 Å². The van der Waals surface area contributed by atoms with Crippen molar-refractivity contribution in [2.45, 2.75) is 81.6 Å². The number of benzene rings is 4. The summed E-state index contributed by atoms with van der Waals surface area (Å²) in [6.07, 6.45) is 5.16. The van der Waals surface area contributed by atoms with Crippen molar-refractivity contribution in [2.24, 2.45) is 0 Å². The van der Waals surface area contributed by atoms with Gasteiger partial charge in [-0.25, -0.2) is 0 Å². The Morgan fingerprint density at radius 1 is 0.782 bits per heavy atom. The fraction of sp³-hybridized carbons (Fsp3) is 0.295. The van der Waals surface area contributed by atoms with Crippen LogP contribution in [-0.2, 0) is 32.2 Å². The number of aliphatic hydroxyl groups excluding tert-OH is 1. The van der Waals surface area contributed by atoms with E-state index in [0.29, 0.717) is 48.0 Å². The molecule has 11 heteroatoms. The lowest BCUT2D eigenvalue weighted by atomic mass is 9.99. The molecule has 5 aromatic rings. The number of carbonyl (C=O) groups is 2. The van der Waals surface area contributed by atoms with Crippen LogP contribution in [0.3, 0.4) is 0 Å². The van der Waals surface area contributed by atoms with Crippen LogP contribution in [0, 0.1) is 5.21 Å². The molecule has 0 spiro atoms. The van der Waals surface area contributed by atoms with Gasteiger partial charge in [-0.2, -0.15) is 4.73 Å². The third-order valence-electron chi connectivity index (χ3n) is 9.52. The molecule has 1 saturated heterocycles. The fourth-order valence-corrected chi connectivity index (χ4v) is 7.42. The van der Waals surface area contributed by atoms with E-state index in [1.165, 1.54) is 18.0 Å². The van der Waals surface area contributed by atoms with Crippen molar-refractivity contribution >= 4 is 35.0 Å². The van der Waals surface area contributed by atoms with Gasteiger partial charge in [-0.15, -0.1) is 0 Å². The maximum absolute atomic E-state index is 12.7. The van der Waals surface area contributed by atoms with Crippen LogP contribution < -0.4 is 21.1 Å². The molecule has 0 saturated carbocycles. The second-order valence-corrected chi connectivity index (χ2v) is 14.7. The lowest BCUT2D eigenvalue weighted by Gasteiger charge is -2.36. The van der Waals surface area contributed by atoms with Crippen molar-refractivity contribution in [3.05, 3.63) is 149 Å². The maximum atomic E-state index is 12.7. The van der Waals surface area contributed by atoms with Gasteiger partial charge in [0.2, 0.25) is 11.8 Å². The van der Waals surface area contributed by atoms with Crippen LogP contribution in [0.4, 0.5) is 11.4 Å². The van der Waals surface area contributed by atoms with E-state index < -0.39 is 6.29 Å². The first-order chi connectivity index (χ1) is 26.8. The van der Waals surface area contributed by atoms with Crippen molar-refractivity contribution in [2.75, 3.05) is 16.8 Å². The molecule has 1 aromatic heterocycles. The summed E-state index contributed by atoms with van der Waals surface area (Å²) in [6, 6.07) is 36.6. The summed E-state index contributed by atoms with van der Waals surface area (Å²) in [4.78, 5) is 24.9. The summed E-state index contributed by atoms with van der Waals surface area (Å²) >= 11 is 1.46. The zero-order valence-electron chi connectivity index (χ0n) is 30.8. The monoisotopic (exact) mass is 760 g/mol. The zero-order chi connectivity index (χ0) is 38.4. The first-order valence-corrected chi connectivity index (χ1v) is 19.7. The van der Waals surface area contributed by atoms with E-state index in [2.05, 4.69) is 22.8 Å². The molecular weight excluding hydrogens is 713 g/mol. The number of unbranched alkanes of at least 4 members (excludes halogenated alkanes) is 3. The molecule has 10 nitrogen and oxygen atoms in total. The van der Waals surface area contributed by atoms with Crippen molar-refractivity contribution in [1.82, 2.24) is 5.32 Å². The Kier molecular flexibility index (Phi) is 14.3. The van der Waals surface area contributed by atoms with Gasteiger partial charge in [-0.1, -0.05) is 97.4 Å². The number of hydrogen-bond donors (Lipinski definition) is 4. The highest BCUT2D eigenvalue weighted by Crippen LogP contribution is 2.40. The van der Waals surface area contributed by atoms with E-state index in [-0.39, 0.29) is 30.6 Å². The third kappa shape index (κ3) is 11.6. The Morgan fingerprint density at radius 3 is 2.27 bits per heavy atom. The van der Waals surface area contributed by atoms with Crippen molar-refractivity contribution in [3.8, 4) is 11.1 Å². The first-order valence-electron chi connectivity index (χ1n) is 18.8. The number of nitrogens with two attached hydrogens (primary N) is 1. The highest BCUT2D eigenvalue weighted by atomic mass is 32.2. The number of nitrogens with one attached hydrogen (secondary N) is 2. The van der Waals surface area contributed by atoms with Gasteiger partial charge in [0, 0.05) is 49.3 Å². The van der Waals surface area contributed by atoms with E-state index in [1.807, 2.05) is 78.9 Å². The zero-order valence-corrected chi connectivity index (χ0v) is 31.6. The summed E-state index contributed by atoms with van der Waals surface area (Å²) < 4.78 is 14.0. The van der Waals surface area contributed by atoms with Crippen LogP contribution in [0.25, 0.3) is 11.1 Å². The minimum absolute atomic E-state index is 0.00176. The van der Waals surface area contributed by atoms with E-state index >= 15 is 0 Å². The van der Waals surface area contributed by atoms with Gasteiger partial charge in [-0.3, -0.25) is 9.59 Å². The number of carbonyl (C=O) groups excluding carboxylic acids is 2.